The fraction of sp³-hybridized carbons (Fsp3) is 0.632. The van der Waals surface area contributed by atoms with Crippen LogP contribution in [-0.2, 0) is 38.5 Å². The number of benzene rings is 1. The zero-order valence-corrected chi connectivity index (χ0v) is 17.1. The molecule has 8 heteroatoms. The summed E-state index contributed by atoms with van der Waals surface area (Å²) in [5, 5.41) is 0. The van der Waals surface area contributed by atoms with Crippen molar-refractivity contribution in [2.45, 2.75) is 37.0 Å². The molecule has 2 heterocycles. The van der Waals surface area contributed by atoms with E-state index in [1.54, 1.807) is 11.0 Å². The lowest BCUT2D eigenvalue weighted by atomic mass is 9.96. The van der Waals surface area contributed by atoms with Crippen LogP contribution in [0.5, 0.6) is 0 Å². The first-order chi connectivity index (χ1) is 12.9. The van der Waals surface area contributed by atoms with Crippen LogP contribution in [0.4, 0.5) is 0 Å². The van der Waals surface area contributed by atoms with Crippen LogP contribution < -0.4 is 0 Å². The largest absolute Gasteiger partial charge is 0.341 e. The number of hydrogen-bond donors (Lipinski definition) is 0. The van der Waals surface area contributed by atoms with Crippen molar-refractivity contribution in [1.29, 1.82) is 0 Å². The summed E-state index contributed by atoms with van der Waals surface area (Å²) in [6.45, 7) is 1.88. The Morgan fingerprint density at radius 2 is 1.67 bits per heavy atom. The Morgan fingerprint density at radius 1 is 1.00 bits per heavy atom. The summed E-state index contributed by atoms with van der Waals surface area (Å²) in [7, 11) is -4.30. The van der Waals surface area contributed by atoms with Crippen LogP contribution in [0.3, 0.4) is 0 Å². The van der Waals surface area contributed by atoms with E-state index in [-0.39, 0.29) is 11.8 Å². The predicted molar refractivity (Wildman–Crippen MR) is 104 cm³/mol. The average Bonchev–Trinajstić information content (AvgIpc) is 3.16. The molecule has 0 bridgehead atoms. The summed E-state index contributed by atoms with van der Waals surface area (Å²) in [5.41, 5.74) is 2.42. The topological polar surface area (TPSA) is 74.8 Å². The first kappa shape index (κ1) is 19.1. The molecule has 148 valence electrons. The average molecular weight is 411 g/mol. The summed E-state index contributed by atoms with van der Waals surface area (Å²) < 4.78 is 39.0. The lowest BCUT2D eigenvalue weighted by molar-refractivity contribution is -0.136. The van der Waals surface area contributed by atoms with Crippen molar-refractivity contribution in [2.24, 2.45) is 5.92 Å². The molecule has 27 heavy (non-hydrogen) atoms. The number of nitrogens with zero attached hydrogens (tertiary/aromatic N) is 2. The molecule has 6 nitrogen and oxygen atoms in total. The van der Waals surface area contributed by atoms with Gasteiger partial charge in [0.1, 0.15) is 0 Å². The third-order valence-electron chi connectivity index (χ3n) is 6.00. The molecule has 3 aliphatic rings. The molecule has 0 radical (unpaired) electrons. The molecule has 0 unspecified atom stereocenters. The second-order valence-electron chi connectivity index (χ2n) is 7.64. The number of hydrogen-bond acceptors (Lipinski definition) is 4. The molecular formula is C19H26N2O4S2. The van der Waals surface area contributed by atoms with Crippen molar-refractivity contribution in [3.8, 4) is 0 Å². The smallest absolute Gasteiger partial charge is 0.243 e. The van der Waals surface area contributed by atoms with Crippen LogP contribution in [0.25, 0.3) is 0 Å². The number of carbonyl (C=O) groups is 1. The van der Waals surface area contributed by atoms with Crippen molar-refractivity contribution < 1.29 is 17.4 Å². The molecule has 0 N–H and O–H groups in total. The van der Waals surface area contributed by atoms with Crippen LogP contribution in [0.1, 0.15) is 30.4 Å². The van der Waals surface area contributed by atoms with E-state index in [2.05, 4.69) is 0 Å². The first-order valence-corrected chi connectivity index (χ1v) is 12.6. The summed E-state index contributed by atoms with van der Waals surface area (Å²) in [6.07, 6.45) is 4.20. The molecule has 4 rings (SSSR count). The third-order valence-corrected chi connectivity index (χ3v) is 9.17. The van der Waals surface area contributed by atoms with Gasteiger partial charge < -0.3 is 4.90 Å². The highest BCUT2D eigenvalue weighted by Gasteiger charge is 2.34. The summed E-state index contributed by atoms with van der Waals surface area (Å²) >= 11 is 0. The molecule has 2 saturated heterocycles. The van der Waals surface area contributed by atoms with E-state index in [1.807, 2.05) is 12.1 Å². The van der Waals surface area contributed by atoms with E-state index >= 15 is 0 Å². The van der Waals surface area contributed by atoms with Crippen LogP contribution in [0, 0.1) is 5.92 Å². The first-order valence-electron chi connectivity index (χ1n) is 9.71. The van der Waals surface area contributed by atoms with Crippen LogP contribution in [-0.4, -0.2) is 65.4 Å². The van der Waals surface area contributed by atoms with Crippen molar-refractivity contribution in [1.82, 2.24) is 9.21 Å². The van der Waals surface area contributed by atoms with Gasteiger partial charge in [-0.1, -0.05) is 6.07 Å². The van der Waals surface area contributed by atoms with Crippen molar-refractivity contribution >= 4 is 26.7 Å². The molecule has 2 aliphatic heterocycles. The molecule has 1 aromatic carbocycles. The Morgan fingerprint density at radius 3 is 2.37 bits per heavy atom. The highest BCUT2D eigenvalue weighted by Crippen LogP contribution is 2.29. The Hall–Kier alpha value is -1.25. The summed E-state index contributed by atoms with van der Waals surface area (Å²) in [5.74, 6) is 1.08. The van der Waals surface area contributed by atoms with E-state index in [9.17, 15) is 17.4 Å². The summed E-state index contributed by atoms with van der Waals surface area (Å²) in [6, 6.07) is 5.51. The Kier molecular flexibility index (Phi) is 5.40. The second-order valence-corrected chi connectivity index (χ2v) is 11.3. The minimum atomic E-state index is -3.50. The van der Waals surface area contributed by atoms with Crippen LogP contribution in [0.15, 0.2) is 23.1 Å². The van der Waals surface area contributed by atoms with E-state index in [0.717, 1.165) is 24.8 Å². The molecule has 1 aromatic rings. The number of sulfonamides is 1. The maximum atomic E-state index is 13.0. The number of amides is 1. The van der Waals surface area contributed by atoms with Crippen molar-refractivity contribution in [3.05, 3.63) is 29.3 Å². The highest BCUT2D eigenvalue weighted by molar-refractivity contribution is 7.89. The molecule has 1 amide bonds. The number of rotatable bonds is 3. The fourth-order valence-corrected chi connectivity index (χ4v) is 6.89. The van der Waals surface area contributed by atoms with Gasteiger partial charge in [0.05, 0.1) is 4.90 Å². The molecular weight excluding hydrogens is 384 g/mol. The van der Waals surface area contributed by atoms with Crippen LogP contribution in [0.2, 0.25) is 0 Å². The van der Waals surface area contributed by atoms with Gasteiger partial charge in [-0.15, -0.1) is 0 Å². The van der Waals surface area contributed by atoms with E-state index in [0.29, 0.717) is 55.4 Å². The van der Waals surface area contributed by atoms with Gasteiger partial charge in [-0.05, 0) is 55.4 Å². The Labute approximate surface area is 163 Å². The number of carbonyl (C=O) groups excluding carboxylic acids is 1. The highest BCUT2D eigenvalue weighted by atomic mass is 32.2. The Balaban J connectivity index is 1.39. The van der Waals surface area contributed by atoms with Gasteiger partial charge in [-0.2, -0.15) is 4.31 Å². The fourth-order valence-electron chi connectivity index (χ4n) is 4.32. The second kappa shape index (κ2) is 7.64. The minimum absolute atomic E-state index is 0.0984. The zero-order valence-electron chi connectivity index (χ0n) is 15.4. The van der Waals surface area contributed by atoms with Crippen molar-refractivity contribution in [2.75, 3.05) is 37.7 Å². The Bertz CT molecular complexity index is 850. The monoisotopic (exact) mass is 410 g/mol. The third kappa shape index (κ3) is 3.84. The molecule has 2 fully saturated rings. The lowest BCUT2D eigenvalue weighted by Gasteiger charge is -2.35. The molecule has 1 aliphatic carbocycles. The zero-order chi connectivity index (χ0) is 19.0. The van der Waals surface area contributed by atoms with Gasteiger partial charge in [0.25, 0.3) is 0 Å². The molecule has 0 saturated carbocycles. The van der Waals surface area contributed by atoms with Gasteiger partial charge >= 0.3 is 0 Å². The number of piperidine rings is 1. The lowest BCUT2D eigenvalue weighted by Crippen LogP contribution is -2.48. The maximum Gasteiger partial charge on any atom is 0.243 e. The molecule has 0 spiro atoms. The van der Waals surface area contributed by atoms with Crippen molar-refractivity contribution in [3.63, 3.8) is 0 Å². The quantitative estimate of drug-likeness (QED) is 0.750. The minimum Gasteiger partial charge on any atom is -0.341 e. The van der Waals surface area contributed by atoms with Gasteiger partial charge in [-0.3, -0.25) is 9.00 Å². The van der Waals surface area contributed by atoms with Gasteiger partial charge in [0, 0.05) is 54.4 Å². The molecule has 0 atom stereocenters. The van der Waals surface area contributed by atoms with Gasteiger partial charge in [-0.25, -0.2) is 8.42 Å². The van der Waals surface area contributed by atoms with Gasteiger partial charge in [0.15, 0.2) is 0 Å². The van der Waals surface area contributed by atoms with Crippen LogP contribution >= 0.6 is 0 Å². The number of aryl methyl sites for hydroxylation is 2. The number of fused-ring (bicyclic) bond motifs is 1. The maximum absolute atomic E-state index is 13.0. The van der Waals surface area contributed by atoms with Gasteiger partial charge in [0.2, 0.25) is 15.9 Å². The van der Waals surface area contributed by atoms with E-state index < -0.39 is 20.8 Å². The summed E-state index contributed by atoms with van der Waals surface area (Å²) in [4.78, 5) is 14.9. The molecule has 0 aromatic heterocycles. The predicted octanol–water partition coefficient (Wildman–Crippen LogP) is 1.17. The van der Waals surface area contributed by atoms with E-state index in [1.165, 1.54) is 9.87 Å². The standard InChI is InChI=1S/C19H26N2O4S2/c22-19(20-10-12-26(23)13-11-20)16-6-8-21(9-7-16)27(24,25)18-5-4-15-2-1-3-17(15)14-18/h4-5,14,16H,1-3,6-13H2. The normalized spacial score (nSPS) is 22.7. The van der Waals surface area contributed by atoms with E-state index in [4.69, 9.17) is 0 Å². The SMILES string of the molecule is O=C(C1CCN(S(=O)(=O)c2ccc3c(c2)CCC3)CC1)N1CCS(=O)CC1.